The molecule has 4 nitrogen and oxygen atoms in total. The fourth-order valence-corrected chi connectivity index (χ4v) is 1.27. The molecule has 1 heterocycles. The van der Waals surface area contributed by atoms with Crippen molar-refractivity contribution >= 4 is 12.3 Å². The standard InChI is InChI=1S/C7H9F3N2O2/c8-7(9,10)6(14)11-5-1-2-12(3-5)4-13/h4-5H,1-3H2,(H,11,14)/t5-/m1/s1. The molecule has 1 atom stereocenters. The van der Waals surface area contributed by atoms with Crippen molar-refractivity contribution in [2.75, 3.05) is 13.1 Å². The van der Waals surface area contributed by atoms with Gasteiger partial charge in [-0.3, -0.25) is 9.59 Å². The van der Waals surface area contributed by atoms with Gasteiger partial charge in [-0.05, 0) is 6.42 Å². The number of rotatable bonds is 2. The predicted octanol–water partition coefficient (Wildman–Crippen LogP) is -0.104. The van der Waals surface area contributed by atoms with Gasteiger partial charge < -0.3 is 10.2 Å². The molecule has 7 heteroatoms. The number of nitrogens with one attached hydrogen (secondary N) is 1. The smallest absolute Gasteiger partial charge is 0.344 e. The second-order valence-electron chi connectivity index (χ2n) is 3.06. The first-order chi connectivity index (χ1) is 6.43. The number of hydrogen-bond donors (Lipinski definition) is 1. The van der Waals surface area contributed by atoms with Gasteiger partial charge in [-0.2, -0.15) is 13.2 Å². The van der Waals surface area contributed by atoms with Gasteiger partial charge in [0, 0.05) is 19.1 Å². The average Bonchev–Trinajstić information content (AvgIpc) is 2.50. The molecule has 0 radical (unpaired) electrons. The van der Waals surface area contributed by atoms with Crippen molar-refractivity contribution in [3.05, 3.63) is 0 Å². The summed E-state index contributed by atoms with van der Waals surface area (Å²) >= 11 is 0. The summed E-state index contributed by atoms with van der Waals surface area (Å²) in [7, 11) is 0. The van der Waals surface area contributed by atoms with Crippen molar-refractivity contribution in [2.24, 2.45) is 0 Å². The molecule has 1 rings (SSSR count). The molecule has 0 aliphatic carbocycles. The van der Waals surface area contributed by atoms with Gasteiger partial charge >= 0.3 is 12.1 Å². The Morgan fingerprint density at radius 3 is 2.57 bits per heavy atom. The zero-order valence-corrected chi connectivity index (χ0v) is 7.17. The maximum Gasteiger partial charge on any atom is 0.471 e. The third-order valence-electron chi connectivity index (χ3n) is 1.96. The van der Waals surface area contributed by atoms with Gasteiger partial charge in [0.15, 0.2) is 0 Å². The minimum Gasteiger partial charge on any atom is -0.344 e. The molecule has 2 amide bonds. The number of likely N-dealkylation sites (tertiary alicyclic amines) is 1. The lowest BCUT2D eigenvalue weighted by Gasteiger charge is -2.13. The lowest BCUT2D eigenvalue weighted by molar-refractivity contribution is -0.174. The molecule has 1 aliphatic rings. The fraction of sp³-hybridized carbons (Fsp3) is 0.714. The molecule has 80 valence electrons. The third-order valence-corrected chi connectivity index (χ3v) is 1.96. The van der Waals surface area contributed by atoms with Crippen molar-refractivity contribution in [1.29, 1.82) is 0 Å². The summed E-state index contributed by atoms with van der Waals surface area (Å²) in [6.07, 6.45) is -3.94. The summed E-state index contributed by atoms with van der Waals surface area (Å²) in [5.74, 6) is -1.95. The van der Waals surface area contributed by atoms with Gasteiger partial charge in [0.05, 0.1) is 0 Å². The summed E-state index contributed by atoms with van der Waals surface area (Å²) in [4.78, 5) is 22.0. The summed E-state index contributed by atoms with van der Waals surface area (Å²) < 4.78 is 35.4. The molecule has 0 bridgehead atoms. The first-order valence-electron chi connectivity index (χ1n) is 4.00. The van der Waals surface area contributed by atoms with E-state index in [0.717, 1.165) is 0 Å². The van der Waals surface area contributed by atoms with Crippen LogP contribution in [-0.2, 0) is 9.59 Å². The van der Waals surface area contributed by atoms with E-state index in [0.29, 0.717) is 19.4 Å². The van der Waals surface area contributed by atoms with Gasteiger partial charge in [-0.15, -0.1) is 0 Å². The van der Waals surface area contributed by atoms with Crippen LogP contribution in [0.25, 0.3) is 0 Å². The van der Waals surface area contributed by atoms with Crippen molar-refractivity contribution in [2.45, 2.75) is 18.6 Å². The van der Waals surface area contributed by atoms with E-state index in [4.69, 9.17) is 0 Å². The number of carbonyl (C=O) groups is 2. The number of amides is 2. The molecule has 1 fully saturated rings. The van der Waals surface area contributed by atoms with Gasteiger partial charge in [-0.25, -0.2) is 0 Å². The lowest BCUT2D eigenvalue weighted by atomic mass is 10.2. The van der Waals surface area contributed by atoms with Crippen LogP contribution in [0.4, 0.5) is 13.2 Å². The monoisotopic (exact) mass is 210 g/mol. The van der Waals surface area contributed by atoms with E-state index in [2.05, 4.69) is 0 Å². The van der Waals surface area contributed by atoms with Crippen LogP contribution in [0.1, 0.15) is 6.42 Å². The molecule has 0 aromatic heterocycles. The SMILES string of the molecule is O=CN1CC[C@@H](NC(=O)C(F)(F)F)C1. The largest absolute Gasteiger partial charge is 0.471 e. The third kappa shape index (κ3) is 2.61. The van der Waals surface area contributed by atoms with E-state index >= 15 is 0 Å². The highest BCUT2D eigenvalue weighted by atomic mass is 19.4. The Morgan fingerprint density at radius 1 is 1.50 bits per heavy atom. The molecule has 1 N–H and O–H groups in total. The molecule has 1 saturated heterocycles. The zero-order valence-electron chi connectivity index (χ0n) is 7.17. The van der Waals surface area contributed by atoms with E-state index in [1.54, 1.807) is 0 Å². The Balaban J connectivity index is 2.40. The minimum atomic E-state index is -4.85. The second kappa shape index (κ2) is 3.85. The number of halogens is 3. The molecule has 0 saturated carbocycles. The van der Waals surface area contributed by atoms with Crippen LogP contribution in [0.2, 0.25) is 0 Å². The number of nitrogens with zero attached hydrogens (tertiary/aromatic N) is 1. The van der Waals surface area contributed by atoms with Crippen molar-refractivity contribution in [3.8, 4) is 0 Å². The predicted molar refractivity (Wildman–Crippen MR) is 40.2 cm³/mol. The van der Waals surface area contributed by atoms with Gasteiger partial charge in [0.2, 0.25) is 6.41 Å². The maximum absolute atomic E-state index is 11.8. The van der Waals surface area contributed by atoms with Crippen molar-refractivity contribution in [3.63, 3.8) is 0 Å². The van der Waals surface area contributed by atoms with E-state index in [1.165, 1.54) is 4.90 Å². The fourth-order valence-electron chi connectivity index (χ4n) is 1.27. The Hall–Kier alpha value is -1.27. The van der Waals surface area contributed by atoms with Crippen molar-refractivity contribution in [1.82, 2.24) is 10.2 Å². The van der Waals surface area contributed by atoms with Crippen molar-refractivity contribution < 1.29 is 22.8 Å². The first kappa shape index (κ1) is 10.8. The molecule has 14 heavy (non-hydrogen) atoms. The van der Waals surface area contributed by atoms with Gasteiger partial charge in [-0.1, -0.05) is 0 Å². The summed E-state index contributed by atoms with van der Waals surface area (Å²) in [5, 5.41) is 1.82. The molecular formula is C7H9F3N2O2. The summed E-state index contributed by atoms with van der Waals surface area (Å²) in [6, 6.07) is -0.589. The van der Waals surface area contributed by atoms with Gasteiger partial charge in [0.25, 0.3) is 0 Å². The minimum absolute atomic E-state index is 0.144. The maximum atomic E-state index is 11.8. The van der Waals surface area contributed by atoms with E-state index in [1.807, 2.05) is 5.32 Å². The van der Waals surface area contributed by atoms with Gasteiger partial charge in [0.1, 0.15) is 0 Å². The van der Waals surface area contributed by atoms with Crippen LogP contribution in [0.15, 0.2) is 0 Å². The molecule has 0 unspecified atom stereocenters. The normalized spacial score (nSPS) is 22.2. The summed E-state index contributed by atoms with van der Waals surface area (Å²) in [5.41, 5.74) is 0. The highest BCUT2D eigenvalue weighted by Gasteiger charge is 2.40. The van der Waals surface area contributed by atoms with Crippen LogP contribution in [-0.4, -0.2) is 42.5 Å². The topological polar surface area (TPSA) is 49.4 Å². The average molecular weight is 210 g/mol. The first-order valence-corrected chi connectivity index (χ1v) is 4.00. The Labute approximate surface area is 78.1 Å². The van der Waals surface area contributed by atoms with E-state index in [9.17, 15) is 22.8 Å². The molecule has 0 aromatic rings. The quantitative estimate of drug-likeness (QED) is 0.647. The number of hydrogen-bond acceptors (Lipinski definition) is 2. The number of carbonyl (C=O) groups excluding carboxylic acids is 2. The molecule has 1 aliphatic heterocycles. The molecule has 0 aromatic carbocycles. The van der Waals surface area contributed by atoms with Crippen LogP contribution >= 0.6 is 0 Å². The van der Waals surface area contributed by atoms with Crippen LogP contribution in [0.3, 0.4) is 0 Å². The van der Waals surface area contributed by atoms with Crippen LogP contribution in [0.5, 0.6) is 0 Å². The second-order valence-corrected chi connectivity index (χ2v) is 3.06. The van der Waals surface area contributed by atoms with E-state index in [-0.39, 0.29) is 6.54 Å². The van der Waals surface area contributed by atoms with E-state index < -0.39 is 18.1 Å². The Morgan fingerprint density at radius 2 is 2.14 bits per heavy atom. The summed E-state index contributed by atoms with van der Waals surface area (Å²) in [6.45, 7) is 0.525. The Bertz CT molecular complexity index is 242. The van der Waals surface area contributed by atoms with Crippen LogP contribution < -0.4 is 5.32 Å². The highest BCUT2D eigenvalue weighted by Crippen LogP contribution is 2.16. The van der Waals surface area contributed by atoms with Crippen LogP contribution in [0, 0.1) is 0 Å². The number of alkyl halides is 3. The molecule has 0 spiro atoms. The molecular weight excluding hydrogens is 201 g/mol. The Kier molecular flexibility index (Phi) is 2.97. The lowest BCUT2D eigenvalue weighted by Crippen LogP contribution is -2.44. The highest BCUT2D eigenvalue weighted by molar-refractivity contribution is 5.82. The zero-order chi connectivity index (χ0) is 10.8.